The number of carbonyl (C=O) groups is 2. The van der Waals surface area contributed by atoms with E-state index in [1.54, 1.807) is 24.3 Å². The summed E-state index contributed by atoms with van der Waals surface area (Å²) in [7, 11) is 1.20. The Bertz CT molecular complexity index is 1070. The molecule has 1 N–H and O–H groups in total. The van der Waals surface area contributed by atoms with Crippen molar-refractivity contribution in [2.45, 2.75) is 6.61 Å². The monoisotopic (exact) mass is 431 g/mol. The number of carbonyl (C=O) groups excluding carboxylic acids is 2. The van der Waals surface area contributed by atoms with Crippen LogP contribution in [-0.4, -0.2) is 30.4 Å². The van der Waals surface area contributed by atoms with Crippen molar-refractivity contribution < 1.29 is 27.8 Å². The third-order valence-corrected chi connectivity index (χ3v) is 4.65. The number of methoxy groups -OCH3 is 1. The summed E-state index contributed by atoms with van der Waals surface area (Å²) in [5, 5.41) is 10.2. The van der Waals surface area contributed by atoms with Crippen LogP contribution in [0.25, 0.3) is 0 Å². The lowest BCUT2D eigenvalue weighted by Gasteiger charge is -2.08. The highest BCUT2D eigenvalue weighted by atomic mass is 32.2. The summed E-state index contributed by atoms with van der Waals surface area (Å²) in [5.74, 6) is -2.26. The molecule has 0 radical (unpaired) electrons. The third-order valence-electron chi connectivity index (χ3n) is 3.75. The van der Waals surface area contributed by atoms with Gasteiger partial charge < -0.3 is 9.47 Å². The van der Waals surface area contributed by atoms with Crippen LogP contribution >= 0.6 is 11.8 Å². The van der Waals surface area contributed by atoms with E-state index < -0.39 is 23.5 Å². The number of ether oxygens (including phenoxy) is 2. The molecule has 3 rings (SSSR count). The van der Waals surface area contributed by atoms with Crippen molar-refractivity contribution in [3.8, 4) is 5.75 Å². The summed E-state index contributed by atoms with van der Waals surface area (Å²) in [4.78, 5) is 23.0. The molecule has 0 bridgehead atoms. The van der Waals surface area contributed by atoms with Gasteiger partial charge in [-0.25, -0.2) is 13.6 Å². The zero-order valence-electron chi connectivity index (χ0n) is 15.6. The summed E-state index contributed by atoms with van der Waals surface area (Å²) in [6.45, 7) is -0.108. The molecule has 1 fully saturated rings. The standard InChI is InChI=1S/C20H15F2N3O4S/c1-28-18(26)9-17-19(27)24-20(30-17)25-23-10-12-6-7-16(15(22)8-12)29-11-13-4-2-3-5-14(13)21/h2-10H,11H2,1H3,(H,24,25,27)/b17-9+,23-10?. The Morgan fingerprint density at radius 3 is 2.73 bits per heavy atom. The summed E-state index contributed by atoms with van der Waals surface area (Å²) in [6.07, 6.45) is 2.33. The van der Waals surface area contributed by atoms with Crippen LogP contribution in [0.15, 0.2) is 63.6 Å². The third kappa shape index (κ3) is 5.51. The fourth-order valence-corrected chi connectivity index (χ4v) is 3.01. The van der Waals surface area contributed by atoms with Gasteiger partial charge >= 0.3 is 5.97 Å². The number of amides is 1. The zero-order valence-corrected chi connectivity index (χ0v) is 16.4. The second-order valence-corrected chi connectivity index (χ2v) is 6.84. The van der Waals surface area contributed by atoms with Crippen molar-refractivity contribution in [1.29, 1.82) is 0 Å². The van der Waals surface area contributed by atoms with Crippen LogP contribution in [0.2, 0.25) is 0 Å². The van der Waals surface area contributed by atoms with E-state index in [9.17, 15) is 18.4 Å². The summed E-state index contributed by atoms with van der Waals surface area (Å²) >= 11 is 0.920. The summed E-state index contributed by atoms with van der Waals surface area (Å²) < 4.78 is 37.6. The van der Waals surface area contributed by atoms with Gasteiger partial charge in [-0.1, -0.05) is 18.2 Å². The molecule has 1 amide bonds. The predicted molar refractivity (Wildman–Crippen MR) is 108 cm³/mol. The number of nitrogens with one attached hydrogen (secondary N) is 1. The number of hydrogen-bond acceptors (Lipinski definition) is 7. The lowest BCUT2D eigenvalue weighted by Crippen LogP contribution is -2.19. The lowest BCUT2D eigenvalue weighted by molar-refractivity contribution is -0.135. The van der Waals surface area contributed by atoms with Crippen LogP contribution in [0, 0.1) is 11.6 Å². The highest BCUT2D eigenvalue weighted by molar-refractivity contribution is 8.18. The number of thioether (sulfide) groups is 1. The largest absolute Gasteiger partial charge is 0.486 e. The van der Waals surface area contributed by atoms with E-state index in [1.807, 2.05) is 0 Å². The van der Waals surface area contributed by atoms with Gasteiger partial charge in [-0.2, -0.15) is 5.10 Å². The first-order chi connectivity index (χ1) is 14.5. The molecule has 1 saturated heterocycles. The van der Waals surface area contributed by atoms with Gasteiger partial charge in [0.2, 0.25) is 0 Å². The smallest absolute Gasteiger partial charge is 0.331 e. The van der Waals surface area contributed by atoms with Crippen molar-refractivity contribution in [2.24, 2.45) is 10.2 Å². The molecule has 0 aliphatic carbocycles. The highest BCUT2D eigenvalue weighted by Crippen LogP contribution is 2.23. The average molecular weight is 431 g/mol. The van der Waals surface area contributed by atoms with Crippen molar-refractivity contribution in [2.75, 3.05) is 7.11 Å². The average Bonchev–Trinajstić information content (AvgIpc) is 3.07. The molecule has 0 saturated carbocycles. The minimum absolute atomic E-state index is 0.0297. The Kier molecular flexibility index (Phi) is 6.91. The van der Waals surface area contributed by atoms with Crippen LogP contribution in [0.5, 0.6) is 5.75 Å². The predicted octanol–water partition coefficient (Wildman–Crippen LogP) is 3.15. The minimum atomic E-state index is -0.662. The maximum atomic E-state index is 14.2. The lowest BCUT2D eigenvalue weighted by atomic mass is 10.2. The maximum Gasteiger partial charge on any atom is 0.331 e. The van der Waals surface area contributed by atoms with Crippen LogP contribution < -0.4 is 10.1 Å². The Hall–Kier alpha value is -3.53. The number of halogens is 2. The number of amidine groups is 1. The van der Waals surface area contributed by atoms with Crippen molar-refractivity contribution in [3.05, 3.63) is 76.2 Å². The Morgan fingerprint density at radius 1 is 1.20 bits per heavy atom. The van der Waals surface area contributed by atoms with Gasteiger partial charge in [-0.3, -0.25) is 10.1 Å². The second-order valence-electron chi connectivity index (χ2n) is 5.81. The van der Waals surface area contributed by atoms with Gasteiger partial charge in [-0.15, -0.1) is 5.10 Å². The molecule has 2 aromatic rings. The Morgan fingerprint density at radius 2 is 2.00 bits per heavy atom. The van der Waals surface area contributed by atoms with Gasteiger partial charge in [0.15, 0.2) is 16.7 Å². The topological polar surface area (TPSA) is 89.3 Å². The van der Waals surface area contributed by atoms with Crippen molar-refractivity contribution in [1.82, 2.24) is 5.32 Å². The molecule has 10 heteroatoms. The number of benzene rings is 2. The minimum Gasteiger partial charge on any atom is -0.486 e. The first kappa shape index (κ1) is 21.2. The first-order valence-electron chi connectivity index (χ1n) is 8.52. The van der Waals surface area contributed by atoms with E-state index in [4.69, 9.17) is 4.74 Å². The summed E-state index contributed by atoms with van der Waals surface area (Å²) in [5.41, 5.74) is 0.713. The van der Waals surface area contributed by atoms with Gasteiger partial charge in [0.05, 0.1) is 18.2 Å². The van der Waals surface area contributed by atoms with Gasteiger partial charge in [0.25, 0.3) is 5.91 Å². The molecular weight excluding hydrogens is 416 g/mol. The molecule has 154 valence electrons. The quantitative estimate of drug-likeness (QED) is 0.329. The molecular formula is C20H15F2N3O4S. The molecule has 0 unspecified atom stereocenters. The Labute approximate surface area is 174 Å². The molecule has 30 heavy (non-hydrogen) atoms. The Balaban J connectivity index is 1.62. The van der Waals surface area contributed by atoms with Gasteiger partial charge in [0.1, 0.15) is 12.4 Å². The van der Waals surface area contributed by atoms with Crippen molar-refractivity contribution in [3.63, 3.8) is 0 Å². The molecule has 1 aliphatic heterocycles. The van der Waals surface area contributed by atoms with E-state index >= 15 is 0 Å². The molecule has 7 nitrogen and oxygen atoms in total. The first-order valence-corrected chi connectivity index (χ1v) is 9.33. The van der Waals surface area contributed by atoms with Crippen molar-refractivity contribution >= 4 is 35.0 Å². The molecule has 0 spiro atoms. The number of hydrogen-bond donors (Lipinski definition) is 1. The highest BCUT2D eigenvalue weighted by Gasteiger charge is 2.25. The van der Waals surface area contributed by atoms with Gasteiger partial charge in [0, 0.05) is 11.6 Å². The normalized spacial score (nSPS) is 16.3. The summed E-state index contributed by atoms with van der Waals surface area (Å²) in [6, 6.07) is 10.2. The van der Waals surface area contributed by atoms with E-state index in [2.05, 4.69) is 20.3 Å². The number of nitrogens with zero attached hydrogens (tertiary/aromatic N) is 2. The van der Waals surface area contributed by atoms with Crippen LogP contribution in [-0.2, 0) is 20.9 Å². The zero-order chi connectivity index (χ0) is 21.5. The van der Waals surface area contributed by atoms with E-state index in [0.29, 0.717) is 11.1 Å². The molecule has 1 heterocycles. The van der Waals surface area contributed by atoms with Crippen LogP contribution in [0.4, 0.5) is 8.78 Å². The van der Waals surface area contributed by atoms with E-state index in [-0.39, 0.29) is 22.4 Å². The maximum absolute atomic E-state index is 14.2. The van der Waals surface area contributed by atoms with E-state index in [0.717, 1.165) is 17.8 Å². The molecule has 2 aromatic carbocycles. The molecule has 0 aromatic heterocycles. The fourth-order valence-electron chi connectivity index (χ4n) is 2.27. The van der Waals surface area contributed by atoms with Gasteiger partial charge in [-0.05, 0) is 41.6 Å². The van der Waals surface area contributed by atoms with Crippen LogP contribution in [0.1, 0.15) is 11.1 Å². The second kappa shape index (κ2) is 9.79. The molecule has 0 atom stereocenters. The SMILES string of the molecule is COC(=O)/C=C1/S/C(=N\N=Cc2ccc(OCc3ccccc3F)c(F)c2)NC1=O. The fraction of sp³-hybridized carbons (Fsp3) is 0.100. The number of esters is 1. The number of rotatable bonds is 6. The van der Waals surface area contributed by atoms with E-state index in [1.165, 1.54) is 31.5 Å². The van der Waals surface area contributed by atoms with Crippen LogP contribution in [0.3, 0.4) is 0 Å². The molecule has 1 aliphatic rings.